The number of hydrogen-bond acceptors (Lipinski definition) is 4. The highest BCUT2D eigenvalue weighted by molar-refractivity contribution is 5.62. The van der Waals surface area contributed by atoms with E-state index >= 15 is 0 Å². The van der Waals surface area contributed by atoms with E-state index in [1.165, 1.54) is 0 Å². The number of methoxy groups -OCH3 is 1. The van der Waals surface area contributed by atoms with Crippen molar-refractivity contribution in [2.24, 2.45) is 0 Å². The lowest BCUT2D eigenvalue weighted by Gasteiger charge is -2.08. The molecule has 0 amide bonds. The Morgan fingerprint density at radius 1 is 1.14 bits per heavy atom. The summed E-state index contributed by atoms with van der Waals surface area (Å²) < 4.78 is 10.3. The van der Waals surface area contributed by atoms with Crippen LogP contribution in [0.3, 0.4) is 0 Å². The molecular weight excluding hydrogens is 268 g/mol. The van der Waals surface area contributed by atoms with Crippen molar-refractivity contribution in [3.63, 3.8) is 0 Å². The van der Waals surface area contributed by atoms with Crippen LogP contribution >= 0.6 is 0 Å². The van der Waals surface area contributed by atoms with E-state index in [1.807, 2.05) is 30.3 Å². The summed E-state index contributed by atoms with van der Waals surface area (Å²) in [5.74, 6) is 0.641. The number of ether oxygens (including phenoxy) is 2. The van der Waals surface area contributed by atoms with Gasteiger partial charge in [0.2, 0.25) is 0 Å². The molecule has 2 aromatic rings. The maximum Gasteiger partial charge on any atom is 0.254 e. The van der Waals surface area contributed by atoms with Gasteiger partial charge in [-0.15, -0.1) is 0 Å². The maximum absolute atomic E-state index is 12.0. The van der Waals surface area contributed by atoms with Crippen LogP contribution in [-0.4, -0.2) is 36.9 Å². The predicted molar refractivity (Wildman–Crippen MR) is 81.4 cm³/mol. The van der Waals surface area contributed by atoms with Gasteiger partial charge < -0.3 is 14.5 Å². The molecule has 0 spiro atoms. The highest BCUT2D eigenvalue weighted by Gasteiger charge is 2.09. The molecule has 0 bridgehead atoms. The van der Waals surface area contributed by atoms with Gasteiger partial charge in [-0.1, -0.05) is 30.3 Å². The van der Waals surface area contributed by atoms with Gasteiger partial charge in [0.15, 0.2) is 0 Å². The second-order valence-corrected chi connectivity index (χ2v) is 4.71. The van der Waals surface area contributed by atoms with Gasteiger partial charge in [-0.2, -0.15) is 0 Å². The van der Waals surface area contributed by atoms with Crippen LogP contribution in [0.15, 0.2) is 35.1 Å². The van der Waals surface area contributed by atoms with E-state index in [0.717, 1.165) is 11.3 Å². The molecule has 5 heteroatoms. The molecule has 1 aromatic heterocycles. The van der Waals surface area contributed by atoms with Gasteiger partial charge in [-0.05, 0) is 6.92 Å². The number of rotatable bonds is 7. The van der Waals surface area contributed by atoms with Crippen molar-refractivity contribution in [3.8, 4) is 11.3 Å². The fourth-order valence-electron chi connectivity index (χ4n) is 1.99. The van der Waals surface area contributed by atoms with Crippen molar-refractivity contribution < 1.29 is 9.47 Å². The zero-order chi connectivity index (χ0) is 15.1. The van der Waals surface area contributed by atoms with Crippen LogP contribution in [0, 0.1) is 6.92 Å². The molecule has 21 heavy (non-hydrogen) atoms. The van der Waals surface area contributed by atoms with Gasteiger partial charge in [-0.3, -0.25) is 4.79 Å². The summed E-state index contributed by atoms with van der Waals surface area (Å²) in [7, 11) is 1.63. The molecule has 0 radical (unpaired) electrons. The molecule has 1 heterocycles. The van der Waals surface area contributed by atoms with Gasteiger partial charge in [0.25, 0.3) is 5.56 Å². The molecule has 0 aliphatic carbocycles. The maximum atomic E-state index is 12.0. The minimum Gasteiger partial charge on any atom is -0.382 e. The van der Waals surface area contributed by atoms with E-state index in [4.69, 9.17) is 9.47 Å². The van der Waals surface area contributed by atoms with Crippen molar-refractivity contribution >= 4 is 0 Å². The topological polar surface area (TPSA) is 64.2 Å². The Hall–Kier alpha value is -1.98. The number of nitrogens with zero attached hydrogens (tertiary/aromatic N) is 1. The Bertz CT molecular complexity index is 623. The van der Waals surface area contributed by atoms with Gasteiger partial charge in [-0.25, -0.2) is 4.98 Å². The lowest BCUT2D eigenvalue weighted by Crippen LogP contribution is -2.17. The standard InChI is InChI=1S/C16H20N2O3/c1-12-15(13-6-4-3-5-7-13)17-14(18-16(12)19)8-9-21-11-10-20-2/h3-7H,8-11H2,1-2H3,(H,17,18,19). The average molecular weight is 288 g/mol. The largest absolute Gasteiger partial charge is 0.382 e. The smallest absolute Gasteiger partial charge is 0.254 e. The Morgan fingerprint density at radius 3 is 2.62 bits per heavy atom. The Labute approximate surface area is 124 Å². The molecule has 1 N–H and O–H groups in total. The van der Waals surface area contributed by atoms with Crippen molar-refractivity contribution in [3.05, 3.63) is 52.1 Å². The third kappa shape index (κ3) is 4.24. The van der Waals surface area contributed by atoms with E-state index in [9.17, 15) is 4.79 Å². The number of nitrogens with one attached hydrogen (secondary N) is 1. The SMILES string of the molecule is COCCOCCc1nc(-c2ccccc2)c(C)c(=O)[nH]1. The normalized spacial score (nSPS) is 10.8. The molecule has 0 saturated carbocycles. The molecule has 2 rings (SSSR count). The number of aromatic nitrogens is 2. The summed E-state index contributed by atoms with van der Waals surface area (Å²) >= 11 is 0. The molecule has 5 nitrogen and oxygen atoms in total. The van der Waals surface area contributed by atoms with Crippen molar-refractivity contribution in [1.82, 2.24) is 9.97 Å². The zero-order valence-electron chi connectivity index (χ0n) is 12.4. The summed E-state index contributed by atoms with van der Waals surface area (Å²) in [5.41, 5.74) is 2.20. The van der Waals surface area contributed by atoms with Gasteiger partial charge in [0, 0.05) is 24.7 Å². The molecule has 0 atom stereocenters. The molecule has 0 unspecified atom stereocenters. The van der Waals surface area contributed by atoms with E-state index in [-0.39, 0.29) is 5.56 Å². The number of hydrogen-bond donors (Lipinski definition) is 1. The quantitative estimate of drug-likeness (QED) is 0.791. The van der Waals surface area contributed by atoms with Crippen molar-refractivity contribution in [2.45, 2.75) is 13.3 Å². The molecule has 0 aliphatic rings. The van der Waals surface area contributed by atoms with Crippen LogP contribution in [0.2, 0.25) is 0 Å². The first-order valence-corrected chi connectivity index (χ1v) is 6.94. The summed E-state index contributed by atoms with van der Waals surface area (Å²) in [4.78, 5) is 19.4. The van der Waals surface area contributed by atoms with E-state index in [0.29, 0.717) is 37.6 Å². The first-order chi connectivity index (χ1) is 10.2. The molecule has 0 saturated heterocycles. The highest BCUT2D eigenvalue weighted by Crippen LogP contribution is 2.18. The first kappa shape index (κ1) is 15.4. The molecule has 112 valence electrons. The van der Waals surface area contributed by atoms with Crippen LogP contribution in [-0.2, 0) is 15.9 Å². The molecule has 1 aromatic carbocycles. The van der Waals surface area contributed by atoms with Crippen LogP contribution in [0.4, 0.5) is 0 Å². The minimum atomic E-state index is -0.101. The van der Waals surface area contributed by atoms with Crippen LogP contribution < -0.4 is 5.56 Å². The Morgan fingerprint density at radius 2 is 1.90 bits per heavy atom. The predicted octanol–water partition coefficient (Wildman–Crippen LogP) is 1.95. The van der Waals surface area contributed by atoms with E-state index in [2.05, 4.69) is 9.97 Å². The Kier molecular flexibility index (Phi) is 5.66. The molecule has 0 aliphatic heterocycles. The number of aromatic amines is 1. The Balaban J connectivity index is 2.14. The summed E-state index contributed by atoms with van der Waals surface area (Å²) in [6, 6.07) is 9.72. The molecular formula is C16H20N2O3. The van der Waals surface area contributed by atoms with Gasteiger partial charge in [0.05, 0.1) is 25.5 Å². The molecule has 0 fully saturated rings. The van der Waals surface area contributed by atoms with E-state index in [1.54, 1.807) is 14.0 Å². The highest BCUT2D eigenvalue weighted by atomic mass is 16.5. The summed E-state index contributed by atoms with van der Waals surface area (Å²) in [5, 5.41) is 0. The second kappa shape index (κ2) is 7.71. The number of H-pyrrole nitrogens is 1. The second-order valence-electron chi connectivity index (χ2n) is 4.71. The van der Waals surface area contributed by atoms with Crippen LogP contribution in [0.25, 0.3) is 11.3 Å². The fraction of sp³-hybridized carbons (Fsp3) is 0.375. The van der Waals surface area contributed by atoms with Gasteiger partial charge in [0.1, 0.15) is 5.82 Å². The fourth-order valence-corrected chi connectivity index (χ4v) is 1.99. The van der Waals surface area contributed by atoms with Crippen molar-refractivity contribution in [2.75, 3.05) is 26.9 Å². The zero-order valence-corrected chi connectivity index (χ0v) is 12.4. The van der Waals surface area contributed by atoms with Crippen molar-refractivity contribution in [1.29, 1.82) is 0 Å². The lowest BCUT2D eigenvalue weighted by atomic mass is 10.1. The van der Waals surface area contributed by atoms with Gasteiger partial charge >= 0.3 is 0 Å². The average Bonchev–Trinajstić information content (AvgIpc) is 2.51. The third-order valence-corrected chi connectivity index (χ3v) is 3.16. The first-order valence-electron chi connectivity index (χ1n) is 6.94. The van der Waals surface area contributed by atoms with Crippen LogP contribution in [0.1, 0.15) is 11.4 Å². The summed E-state index contributed by atoms with van der Waals surface area (Å²) in [6.07, 6.45) is 0.569. The number of benzene rings is 1. The minimum absolute atomic E-state index is 0.101. The third-order valence-electron chi connectivity index (χ3n) is 3.16. The lowest BCUT2D eigenvalue weighted by molar-refractivity contribution is 0.0716. The van der Waals surface area contributed by atoms with Crippen LogP contribution in [0.5, 0.6) is 0 Å². The summed E-state index contributed by atoms with van der Waals surface area (Å²) in [6.45, 7) is 3.39. The van der Waals surface area contributed by atoms with E-state index < -0.39 is 0 Å². The monoisotopic (exact) mass is 288 g/mol.